The summed E-state index contributed by atoms with van der Waals surface area (Å²) >= 11 is 0. The molecule has 94 valence electrons. The van der Waals surface area contributed by atoms with E-state index in [0.717, 1.165) is 0 Å². The largest absolute Gasteiger partial charge is 0.497 e. The second-order valence-corrected chi connectivity index (χ2v) is 3.76. The third-order valence-electron chi connectivity index (χ3n) is 1.94. The Morgan fingerprint density at radius 2 is 1.78 bits per heavy atom. The molecule has 0 heterocycles. The summed E-state index contributed by atoms with van der Waals surface area (Å²) in [5, 5.41) is 0. The number of carbonyl (C=O) groups excluding carboxylic acids is 2. The molecule has 0 aromatic heterocycles. The lowest BCUT2D eigenvalue weighted by molar-refractivity contribution is -0.154. The van der Waals surface area contributed by atoms with Crippen LogP contribution in [0.1, 0.15) is 19.4 Å². The molecule has 0 aliphatic carbocycles. The highest BCUT2D eigenvalue weighted by molar-refractivity contribution is 6.41. The minimum absolute atomic E-state index is 0.329. The summed E-state index contributed by atoms with van der Waals surface area (Å²) in [5.41, 5.74) is 0.626. The first-order valence-electron chi connectivity index (χ1n) is 5.44. The number of esters is 1. The number of benzene rings is 1. The zero-order valence-corrected chi connectivity index (χ0v) is 10.5. The van der Waals surface area contributed by atoms with Crippen molar-refractivity contribution in [2.45, 2.75) is 20.0 Å². The number of hydrogen-bond acceptors (Lipinski definition) is 4. The van der Waals surface area contributed by atoms with Gasteiger partial charge in [0, 0.05) is 5.56 Å². The van der Waals surface area contributed by atoms with E-state index in [1.807, 2.05) is 0 Å². The molecule has 1 rings (SSSR count). The SMILES string of the molecule is COc1ccc(C#CC(=O)C(=O)OC(C)C)cc1. The Morgan fingerprint density at radius 1 is 1.17 bits per heavy atom. The van der Waals surface area contributed by atoms with Gasteiger partial charge >= 0.3 is 11.8 Å². The zero-order valence-electron chi connectivity index (χ0n) is 10.5. The number of hydrogen-bond donors (Lipinski definition) is 0. The summed E-state index contributed by atoms with van der Waals surface area (Å²) in [7, 11) is 1.56. The highest BCUT2D eigenvalue weighted by Crippen LogP contribution is 2.10. The van der Waals surface area contributed by atoms with E-state index >= 15 is 0 Å². The van der Waals surface area contributed by atoms with Gasteiger partial charge in [-0.05, 0) is 44.0 Å². The lowest BCUT2D eigenvalue weighted by atomic mass is 10.2. The molecule has 0 N–H and O–H groups in total. The summed E-state index contributed by atoms with van der Waals surface area (Å²) < 4.78 is 9.71. The first kappa shape index (κ1) is 13.8. The molecule has 0 saturated carbocycles. The van der Waals surface area contributed by atoms with E-state index in [0.29, 0.717) is 11.3 Å². The van der Waals surface area contributed by atoms with Crippen LogP contribution in [0.25, 0.3) is 0 Å². The van der Waals surface area contributed by atoms with E-state index in [1.165, 1.54) is 0 Å². The van der Waals surface area contributed by atoms with Gasteiger partial charge in [-0.25, -0.2) is 4.79 Å². The van der Waals surface area contributed by atoms with Crippen molar-refractivity contribution in [3.63, 3.8) is 0 Å². The number of ketones is 1. The van der Waals surface area contributed by atoms with Gasteiger partial charge in [0.25, 0.3) is 0 Å². The maximum absolute atomic E-state index is 11.3. The van der Waals surface area contributed by atoms with Crippen molar-refractivity contribution in [1.29, 1.82) is 0 Å². The molecule has 4 heteroatoms. The van der Waals surface area contributed by atoms with Crippen LogP contribution in [-0.2, 0) is 14.3 Å². The fourth-order valence-electron chi connectivity index (χ4n) is 1.12. The van der Waals surface area contributed by atoms with Crippen LogP contribution in [0.3, 0.4) is 0 Å². The van der Waals surface area contributed by atoms with Crippen LogP contribution in [-0.4, -0.2) is 25.0 Å². The highest BCUT2D eigenvalue weighted by atomic mass is 16.5. The van der Waals surface area contributed by atoms with Gasteiger partial charge in [-0.15, -0.1) is 0 Å². The molecule has 4 nitrogen and oxygen atoms in total. The van der Waals surface area contributed by atoms with Gasteiger partial charge in [-0.2, -0.15) is 0 Å². The fourth-order valence-corrected chi connectivity index (χ4v) is 1.12. The Labute approximate surface area is 106 Å². The number of carbonyl (C=O) groups is 2. The number of methoxy groups -OCH3 is 1. The predicted octanol–water partition coefficient (Wildman–Crippen LogP) is 1.57. The Hall–Kier alpha value is -2.28. The van der Waals surface area contributed by atoms with Crippen LogP contribution in [0.15, 0.2) is 24.3 Å². The van der Waals surface area contributed by atoms with Crippen LogP contribution in [0, 0.1) is 11.8 Å². The number of Topliss-reactive ketones (excluding diaryl/α,β-unsaturated/α-hetero) is 1. The van der Waals surface area contributed by atoms with Crippen molar-refractivity contribution in [2.24, 2.45) is 0 Å². The molecule has 0 atom stereocenters. The van der Waals surface area contributed by atoms with Gasteiger partial charge in [0.05, 0.1) is 13.2 Å². The maximum atomic E-state index is 11.3. The van der Waals surface area contributed by atoms with E-state index in [2.05, 4.69) is 11.8 Å². The summed E-state index contributed by atoms with van der Waals surface area (Å²) in [5.74, 6) is 3.76. The zero-order chi connectivity index (χ0) is 13.5. The lowest BCUT2D eigenvalue weighted by Crippen LogP contribution is -2.19. The average Bonchev–Trinajstić information content (AvgIpc) is 2.35. The van der Waals surface area contributed by atoms with Gasteiger partial charge < -0.3 is 9.47 Å². The quantitative estimate of drug-likeness (QED) is 0.461. The van der Waals surface area contributed by atoms with E-state index in [1.54, 1.807) is 45.2 Å². The molecule has 0 amide bonds. The van der Waals surface area contributed by atoms with Crippen LogP contribution >= 0.6 is 0 Å². The molecular weight excluding hydrogens is 232 g/mol. The summed E-state index contributed by atoms with van der Waals surface area (Å²) in [4.78, 5) is 22.5. The molecule has 0 unspecified atom stereocenters. The van der Waals surface area contributed by atoms with Crippen molar-refractivity contribution >= 4 is 11.8 Å². The molecule has 18 heavy (non-hydrogen) atoms. The molecule has 1 aromatic rings. The van der Waals surface area contributed by atoms with E-state index < -0.39 is 11.8 Å². The molecule has 0 bridgehead atoms. The highest BCUT2D eigenvalue weighted by Gasteiger charge is 2.13. The van der Waals surface area contributed by atoms with E-state index in [-0.39, 0.29) is 6.10 Å². The van der Waals surface area contributed by atoms with Gasteiger partial charge in [-0.1, -0.05) is 5.92 Å². The van der Waals surface area contributed by atoms with Crippen LogP contribution in [0.2, 0.25) is 0 Å². The third kappa shape index (κ3) is 4.30. The average molecular weight is 246 g/mol. The minimum atomic E-state index is -0.925. The molecule has 1 aromatic carbocycles. The first-order valence-corrected chi connectivity index (χ1v) is 5.44. The van der Waals surface area contributed by atoms with Crippen LogP contribution in [0.4, 0.5) is 0 Å². The molecular formula is C14H14O4. The minimum Gasteiger partial charge on any atom is -0.497 e. The van der Waals surface area contributed by atoms with Crippen molar-refractivity contribution in [3.05, 3.63) is 29.8 Å². The van der Waals surface area contributed by atoms with E-state index in [9.17, 15) is 9.59 Å². The van der Waals surface area contributed by atoms with Crippen molar-refractivity contribution in [3.8, 4) is 17.6 Å². The van der Waals surface area contributed by atoms with Crippen LogP contribution in [0.5, 0.6) is 5.75 Å². The molecule has 0 aliphatic rings. The van der Waals surface area contributed by atoms with E-state index in [4.69, 9.17) is 9.47 Å². The standard InChI is InChI=1S/C14H14O4/c1-10(2)18-14(16)13(15)9-6-11-4-7-12(17-3)8-5-11/h4-5,7-8,10H,1-3H3. The van der Waals surface area contributed by atoms with Gasteiger partial charge in [0.1, 0.15) is 5.75 Å². The Kier molecular flexibility index (Phi) is 4.94. The van der Waals surface area contributed by atoms with Gasteiger partial charge in [0.2, 0.25) is 0 Å². The predicted molar refractivity (Wildman–Crippen MR) is 66.1 cm³/mol. The fraction of sp³-hybridized carbons (Fsp3) is 0.286. The van der Waals surface area contributed by atoms with Crippen molar-refractivity contribution < 1.29 is 19.1 Å². The molecule has 0 saturated heterocycles. The lowest BCUT2D eigenvalue weighted by Gasteiger charge is -2.03. The summed E-state index contributed by atoms with van der Waals surface area (Å²) in [6.45, 7) is 3.34. The molecule has 0 radical (unpaired) electrons. The van der Waals surface area contributed by atoms with Gasteiger partial charge in [-0.3, -0.25) is 4.79 Å². The van der Waals surface area contributed by atoms with Crippen molar-refractivity contribution in [1.82, 2.24) is 0 Å². The maximum Gasteiger partial charge on any atom is 0.388 e. The summed E-state index contributed by atoms with van der Waals surface area (Å²) in [6.07, 6.45) is -0.329. The topological polar surface area (TPSA) is 52.6 Å². The Morgan fingerprint density at radius 3 is 2.28 bits per heavy atom. The second kappa shape index (κ2) is 6.45. The monoisotopic (exact) mass is 246 g/mol. The normalized spacial score (nSPS) is 9.33. The summed E-state index contributed by atoms with van der Waals surface area (Å²) in [6, 6.07) is 6.85. The Bertz CT molecular complexity index is 489. The van der Waals surface area contributed by atoms with Crippen LogP contribution < -0.4 is 4.74 Å². The molecule has 0 aliphatic heterocycles. The number of rotatable bonds is 3. The second-order valence-electron chi connectivity index (χ2n) is 3.76. The molecule has 0 fully saturated rings. The van der Waals surface area contributed by atoms with Gasteiger partial charge in [0.15, 0.2) is 0 Å². The Balaban J connectivity index is 2.69. The van der Waals surface area contributed by atoms with Crippen molar-refractivity contribution in [2.75, 3.05) is 7.11 Å². The molecule has 0 spiro atoms. The smallest absolute Gasteiger partial charge is 0.388 e. The first-order chi connectivity index (χ1) is 8.52. The third-order valence-corrected chi connectivity index (χ3v) is 1.94. The number of ether oxygens (including phenoxy) is 2.